The first kappa shape index (κ1) is 12.9. The van der Waals surface area contributed by atoms with Crippen LogP contribution in [0.25, 0.3) is 5.69 Å². The maximum absolute atomic E-state index is 13.6. The molecule has 0 unspecified atom stereocenters. The van der Waals surface area contributed by atoms with E-state index in [4.69, 9.17) is 12.2 Å². The maximum Gasteiger partial charge on any atom is 0.161 e. The summed E-state index contributed by atoms with van der Waals surface area (Å²) in [6.07, 6.45) is 1.65. The zero-order valence-corrected chi connectivity index (χ0v) is 10.5. The van der Waals surface area contributed by atoms with Gasteiger partial charge in [0, 0.05) is 17.8 Å². The zero-order valence-electron chi connectivity index (χ0n) is 9.64. The van der Waals surface area contributed by atoms with E-state index in [1.807, 2.05) is 6.92 Å². The second-order valence-corrected chi connectivity index (χ2v) is 4.34. The summed E-state index contributed by atoms with van der Waals surface area (Å²) >= 11 is 5.05. The fraction of sp³-hybridized carbons (Fsp3) is 0.250. The Balaban J connectivity index is 2.55. The average molecular weight is 272 g/mol. The molecule has 2 aromatic rings. The highest BCUT2D eigenvalue weighted by Crippen LogP contribution is 2.18. The van der Waals surface area contributed by atoms with Crippen molar-refractivity contribution in [2.45, 2.75) is 19.8 Å². The van der Waals surface area contributed by atoms with Crippen LogP contribution in [-0.2, 0) is 6.42 Å². The number of rotatable bonds is 3. The summed E-state index contributed by atoms with van der Waals surface area (Å²) in [5.41, 5.74) is 0.702. The van der Waals surface area contributed by atoms with Gasteiger partial charge >= 0.3 is 0 Å². The van der Waals surface area contributed by atoms with Crippen molar-refractivity contribution >= 4 is 12.2 Å². The van der Waals surface area contributed by atoms with Crippen LogP contribution < -0.4 is 0 Å². The van der Waals surface area contributed by atoms with Crippen molar-refractivity contribution in [3.8, 4) is 5.69 Å². The first-order chi connectivity index (χ1) is 8.52. The third-order valence-electron chi connectivity index (χ3n) is 2.52. The van der Waals surface area contributed by atoms with Gasteiger partial charge in [-0.2, -0.15) is 0 Å². The Morgan fingerprint density at radius 2 is 1.78 bits per heavy atom. The van der Waals surface area contributed by atoms with Crippen molar-refractivity contribution in [3.05, 3.63) is 46.0 Å². The lowest BCUT2D eigenvalue weighted by Gasteiger charge is -2.05. The molecule has 0 aliphatic carbocycles. The summed E-state index contributed by atoms with van der Waals surface area (Å²) in [5, 5.41) is 2.87. The molecule has 1 heterocycles. The van der Waals surface area contributed by atoms with E-state index in [0.29, 0.717) is 10.7 Å². The van der Waals surface area contributed by atoms with Gasteiger partial charge in [0.15, 0.2) is 17.5 Å². The fourth-order valence-electron chi connectivity index (χ4n) is 1.70. The van der Waals surface area contributed by atoms with E-state index < -0.39 is 17.5 Å². The smallest absolute Gasteiger partial charge is 0.161 e. The van der Waals surface area contributed by atoms with Crippen LogP contribution in [0.15, 0.2) is 18.2 Å². The summed E-state index contributed by atoms with van der Waals surface area (Å²) in [7, 11) is 0. The number of aryl methyl sites for hydroxylation is 1. The molecule has 0 atom stereocenters. The Morgan fingerprint density at radius 1 is 1.11 bits per heavy atom. The van der Waals surface area contributed by atoms with Crippen molar-refractivity contribution in [1.82, 2.24) is 9.78 Å². The van der Waals surface area contributed by atoms with Gasteiger partial charge in [-0.05, 0) is 12.5 Å². The normalized spacial score (nSPS) is 10.9. The van der Waals surface area contributed by atoms with E-state index in [0.717, 1.165) is 24.6 Å². The van der Waals surface area contributed by atoms with Crippen LogP contribution >= 0.6 is 12.2 Å². The molecular weight excluding hydrogens is 261 g/mol. The van der Waals surface area contributed by atoms with E-state index in [1.165, 1.54) is 4.68 Å². The van der Waals surface area contributed by atoms with Crippen LogP contribution in [0.4, 0.5) is 13.2 Å². The first-order valence-electron chi connectivity index (χ1n) is 5.48. The number of H-pyrrole nitrogens is 1. The van der Waals surface area contributed by atoms with E-state index >= 15 is 0 Å². The van der Waals surface area contributed by atoms with E-state index in [1.54, 1.807) is 6.07 Å². The van der Waals surface area contributed by atoms with Crippen LogP contribution in [0.3, 0.4) is 0 Å². The van der Waals surface area contributed by atoms with Gasteiger partial charge in [0.05, 0.1) is 0 Å². The molecule has 0 aliphatic heterocycles. The van der Waals surface area contributed by atoms with Crippen LogP contribution in [0.1, 0.15) is 19.0 Å². The van der Waals surface area contributed by atoms with Crippen molar-refractivity contribution in [1.29, 1.82) is 0 Å². The topological polar surface area (TPSA) is 20.7 Å². The lowest BCUT2D eigenvalue weighted by atomic mass is 10.3. The third-order valence-corrected chi connectivity index (χ3v) is 2.82. The van der Waals surface area contributed by atoms with E-state index in [-0.39, 0.29) is 5.69 Å². The molecule has 18 heavy (non-hydrogen) atoms. The minimum absolute atomic E-state index is 0.124. The lowest BCUT2D eigenvalue weighted by Crippen LogP contribution is -2.03. The molecule has 2 rings (SSSR count). The van der Waals surface area contributed by atoms with Gasteiger partial charge < -0.3 is 0 Å². The van der Waals surface area contributed by atoms with Crippen molar-refractivity contribution in [3.63, 3.8) is 0 Å². The summed E-state index contributed by atoms with van der Waals surface area (Å²) < 4.78 is 41.1. The quantitative estimate of drug-likeness (QED) is 0.663. The second kappa shape index (κ2) is 4.97. The minimum Gasteiger partial charge on any atom is -0.297 e. The van der Waals surface area contributed by atoms with Crippen molar-refractivity contribution < 1.29 is 13.2 Å². The second-order valence-electron chi connectivity index (χ2n) is 3.92. The van der Waals surface area contributed by atoms with Crippen LogP contribution in [0.5, 0.6) is 0 Å². The van der Waals surface area contributed by atoms with Gasteiger partial charge in [-0.15, -0.1) is 0 Å². The molecule has 0 saturated heterocycles. The van der Waals surface area contributed by atoms with E-state index in [9.17, 15) is 13.2 Å². The lowest BCUT2D eigenvalue weighted by molar-refractivity contribution is 0.491. The Bertz CT molecular complexity index is 631. The molecule has 96 valence electrons. The Kier molecular flexibility index (Phi) is 3.56. The molecule has 0 fully saturated rings. The molecule has 1 aromatic heterocycles. The molecule has 2 nitrogen and oxygen atoms in total. The molecular formula is C12H11F3N2S. The van der Waals surface area contributed by atoms with Crippen molar-refractivity contribution in [2.24, 2.45) is 0 Å². The number of halogens is 3. The summed E-state index contributed by atoms with van der Waals surface area (Å²) in [6, 6.07) is 2.97. The molecule has 0 amide bonds. The Morgan fingerprint density at radius 3 is 2.44 bits per heavy atom. The fourth-order valence-corrected chi connectivity index (χ4v) is 1.99. The molecule has 0 bridgehead atoms. The SMILES string of the molecule is CCCc1cc(=S)n(-c2cc(F)c(F)cc2F)[nH]1. The first-order valence-corrected chi connectivity index (χ1v) is 5.89. The summed E-state index contributed by atoms with van der Waals surface area (Å²) in [5.74, 6) is -3.20. The molecule has 0 saturated carbocycles. The van der Waals surface area contributed by atoms with Gasteiger partial charge in [-0.1, -0.05) is 25.6 Å². The molecule has 0 radical (unpaired) electrons. The van der Waals surface area contributed by atoms with Crippen LogP contribution in [-0.4, -0.2) is 9.78 Å². The molecule has 6 heteroatoms. The molecule has 0 aliphatic rings. The molecule has 0 spiro atoms. The molecule has 1 aromatic carbocycles. The predicted octanol–water partition coefficient (Wildman–Crippen LogP) is 3.90. The highest BCUT2D eigenvalue weighted by atomic mass is 32.1. The maximum atomic E-state index is 13.6. The van der Waals surface area contributed by atoms with Crippen molar-refractivity contribution in [2.75, 3.05) is 0 Å². The Labute approximate surface area is 107 Å². The molecule has 1 N–H and O–H groups in total. The average Bonchev–Trinajstić information content (AvgIpc) is 2.65. The van der Waals surface area contributed by atoms with Gasteiger partial charge in [0.2, 0.25) is 0 Å². The number of hydrogen-bond acceptors (Lipinski definition) is 1. The highest BCUT2D eigenvalue weighted by Gasteiger charge is 2.13. The monoisotopic (exact) mass is 272 g/mol. The van der Waals surface area contributed by atoms with Gasteiger partial charge in [-0.25, -0.2) is 17.9 Å². The standard InChI is InChI=1S/C12H11F3N2S/c1-2-3-7-4-12(18)17(16-7)11-6-9(14)8(13)5-10(11)15/h4-6,16H,2-3H2,1H3. The number of benzene rings is 1. The van der Waals surface area contributed by atoms with Gasteiger partial charge in [0.1, 0.15) is 10.3 Å². The van der Waals surface area contributed by atoms with Gasteiger partial charge in [0.25, 0.3) is 0 Å². The number of aromatic nitrogens is 2. The number of aromatic amines is 1. The predicted molar refractivity (Wildman–Crippen MR) is 64.8 cm³/mol. The van der Waals surface area contributed by atoms with Crippen LogP contribution in [0, 0.1) is 22.1 Å². The third kappa shape index (κ3) is 2.33. The number of nitrogens with one attached hydrogen (secondary N) is 1. The summed E-state index contributed by atoms with van der Waals surface area (Å²) in [4.78, 5) is 0. The zero-order chi connectivity index (χ0) is 13.3. The van der Waals surface area contributed by atoms with Crippen LogP contribution in [0.2, 0.25) is 0 Å². The Hall–Kier alpha value is -1.56. The summed E-state index contributed by atoms with van der Waals surface area (Å²) in [6.45, 7) is 1.99. The largest absolute Gasteiger partial charge is 0.297 e. The van der Waals surface area contributed by atoms with Gasteiger partial charge in [-0.3, -0.25) is 5.10 Å². The van der Waals surface area contributed by atoms with E-state index in [2.05, 4.69) is 5.10 Å². The number of nitrogens with zero attached hydrogens (tertiary/aromatic N) is 1. The number of hydrogen-bond donors (Lipinski definition) is 1. The highest BCUT2D eigenvalue weighted by molar-refractivity contribution is 7.71. The minimum atomic E-state index is -1.22.